The number of hydrogen-bond acceptors (Lipinski definition) is 3. The maximum atomic E-state index is 12.0. The van der Waals surface area contributed by atoms with Crippen LogP contribution in [0.15, 0.2) is 53.5 Å². The van der Waals surface area contributed by atoms with Gasteiger partial charge in [0.25, 0.3) is 5.91 Å². The van der Waals surface area contributed by atoms with E-state index in [0.29, 0.717) is 18.7 Å². The molecule has 0 unspecified atom stereocenters. The second-order valence-corrected chi connectivity index (χ2v) is 6.28. The SMILES string of the molecule is CCNC(=O)c1cccc(CN=C(NCC)NCCc2ccc(OC)cc2)c1.I. The number of carbonyl (C=O) groups excluding carboxylic acids is 1. The molecule has 0 aliphatic carbocycles. The largest absolute Gasteiger partial charge is 0.497 e. The van der Waals surface area contributed by atoms with Crippen LogP contribution >= 0.6 is 24.0 Å². The van der Waals surface area contributed by atoms with Crippen LogP contribution in [0.25, 0.3) is 0 Å². The van der Waals surface area contributed by atoms with E-state index in [4.69, 9.17) is 4.74 Å². The highest BCUT2D eigenvalue weighted by Crippen LogP contribution is 2.11. The van der Waals surface area contributed by atoms with E-state index in [1.54, 1.807) is 7.11 Å². The molecule has 0 heterocycles. The van der Waals surface area contributed by atoms with Crippen molar-refractivity contribution in [3.05, 3.63) is 65.2 Å². The first-order valence-electron chi connectivity index (χ1n) is 9.68. The minimum atomic E-state index is -0.0575. The third-order valence-electron chi connectivity index (χ3n) is 4.16. The zero-order chi connectivity index (χ0) is 20.2. The Morgan fingerprint density at radius 1 is 0.966 bits per heavy atom. The number of guanidine groups is 1. The molecule has 0 bridgehead atoms. The third kappa shape index (κ3) is 8.72. The highest BCUT2D eigenvalue weighted by Gasteiger charge is 2.05. The molecule has 0 aromatic heterocycles. The summed E-state index contributed by atoms with van der Waals surface area (Å²) in [6.07, 6.45) is 0.890. The molecule has 0 atom stereocenters. The van der Waals surface area contributed by atoms with Gasteiger partial charge in [0.1, 0.15) is 5.75 Å². The lowest BCUT2D eigenvalue weighted by atomic mass is 10.1. The predicted octanol–water partition coefficient (Wildman–Crippen LogP) is 3.36. The Hall–Kier alpha value is -2.29. The quantitative estimate of drug-likeness (QED) is 0.275. The van der Waals surface area contributed by atoms with E-state index in [0.717, 1.165) is 36.8 Å². The van der Waals surface area contributed by atoms with Crippen molar-refractivity contribution in [2.24, 2.45) is 4.99 Å². The van der Waals surface area contributed by atoms with Crippen molar-refractivity contribution < 1.29 is 9.53 Å². The molecule has 2 aromatic carbocycles. The summed E-state index contributed by atoms with van der Waals surface area (Å²) in [6, 6.07) is 15.6. The van der Waals surface area contributed by atoms with Gasteiger partial charge in [0.2, 0.25) is 0 Å². The molecular weight excluding hydrogens is 479 g/mol. The van der Waals surface area contributed by atoms with Gasteiger partial charge in [0, 0.05) is 25.2 Å². The van der Waals surface area contributed by atoms with E-state index in [1.165, 1.54) is 5.56 Å². The molecule has 0 spiro atoms. The number of carbonyl (C=O) groups is 1. The number of rotatable bonds is 9. The predicted molar refractivity (Wildman–Crippen MR) is 129 cm³/mol. The van der Waals surface area contributed by atoms with Crippen LogP contribution in [0.1, 0.15) is 35.3 Å². The number of nitrogens with one attached hydrogen (secondary N) is 3. The Balaban J connectivity index is 0.00000420. The molecule has 0 fully saturated rings. The minimum Gasteiger partial charge on any atom is -0.497 e. The number of methoxy groups -OCH3 is 1. The number of hydrogen-bond donors (Lipinski definition) is 3. The number of amides is 1. The fourth-order valence-corrected chi connectivity index (χ4v) is 2.70. The number of ether oxygens (including phenoxy) is 1. The molecule has 7 heteroatoms. The summed E-state index contributed by atoms with van der Waals surface area (Å²) in [5.41, 5.74) is 2.89. The molecule has 2 rings (SSSR count). The van der Waals surface area contributed by atoms with Crippen LogP contribution in [0, 0.1) is 0 Å². The van der Waals surface area contributed by atoms with Crippen LogP contribution in [0.3, 0.4) is 0 Å². The molecule has 1 amide bonds. The van der Waals surface area contributed by atoms with Gasteiger partial charge in [0.05, 0.1) is 13.7 Å². The van der Waals surface area contributed by atoms with Gasteiger partial charge in [-0.25, -0.2) is 4.99 Å². The topological polar surface area (TPSA) is 74.8 Å². The molecule has 0 saturated heterocycles. The fraction of sp³-hybridized carbons (Fsp3) is 0.364. The van der Waals surface area contributed by atoms with Gasteiger partial charge in [-0.1, -0.05) is 24.3 Å². The maximum Gasteiger partial charge on any atom is 0.251 e. The van der Waals surface area contributed by atoms with Gasteiger partial charge < -0.3 is 20.7 Å². The zero-order valence-corrected chi connectivity index (χ0v) is 19.7. The van der Waals surface area contributed by atoms with E-state index in [-0.39, 0.29) is 29.9 Å². The summed E-state index contributed by atoms with van der Waals surface area (Å²) in [5.74, 6) is 1.57. The van der Waals surface area contributed by atoms with E-state index in [2.05, 4.69) is 33.1 Å². The van der Waals surface area contributed by atoms with Crippen LogP contribution in [0.4, 0.5) is 0 Å². The molecular formula is C22H31IN4O2. The summed E-state index contributed by atoms with van der Waals surface area (Å²) in [5, 5.41) is 9.43. The molecule has 29 heavy (non-hydrogen) atoms. The monoisotopic (exact) mass is 510 g/mol. The van der Waals surface area contributed by atoms with Crippen LogP contribution in [-0.4, -0.2) is 38.6 Å². The number of nitrogens with zero attached hydrogens (tertiary/aromatic N) is 1. The van der Waals surface area contributed by atoms with E-state index in [1.807, 2.05) is 50.2 Å². The average molecular weight is 510 g/mol. The van der Waals surface area contributed by atoms with Gasteiger partial charge in [-0.05, 0) is 55.7 Å². The number of benzene rings is 2. The Morgan fingerprint density at radius 3 is 2.34 bits per heavy atom. The first-order valence-corrected chi connectivity index (χ1v) is 9.68. The van der Waals surface area contributed by atoms with E-state index < -0.39 is 0 Å². The number of aliphatic imine (C=N–C) groups is 1. The molecule has 0 aliphatic rings. The van der Waals surface area contributed by atoms with Crippen molar-refractivity contribution in [2.45, 2.75) is 26.8 Å². The lowest BCUT2D eigenvalue weighted by Crippen LogP contribution is -2.38. The lowest BCUT2D eigenvalue weighted by molar-refractivity contribution is 0.0955. The van der Waals surface area contributed by atoms with Gasteiger partial charge >= 0.3 is 0 Å². The Labute approximate surface area is 190 Å². The summed E-state index contributed by atoms with van der Waals surface area (Å²) in [6.45, 7) is 6.63. The molecule has 6 nitrogen and oxygen atoms in total. The van der Waals surface area contributed by atoms with E-state index in [9.17, 15) is 4.79 Å². The summed E-state index contributed by atoms with van der Waals surface area (Å²) < 4.78 is 5.18. The van der Waals surface area contributed by atoms with Crippen LogP contribution in [0.5, 0.6) is 5.75 Å². The van der Waals surface area contributed by atoms with Crippen molar-refractivity contribution >= 4 is 35.8 Å². The third-order valence-corrected chi connectivity index (χ3v) is 4.16. The standard InChI is InChI=1S/C22H30N4O2.HI/c1-4-23-21(27)19-8-6-7-18(15-19)16-26-22(24-5-2)25-14-13-17-9-11-20(28-3)12-10-17;/h6-12,15H,4-5,13-14,16H2,1-3H3,(H,23,27)(H2,24,25,26);1H. The van der Waals surface area contributed by atoms with Crippen molar-refractivity contribution in [1.82, 2.24) is 16.0 Å². The van der Waals surface area contributed by atoms with Gasteiger partial charge in [-0.2, -0.15) is 0 Å². The molecule has 3 N–H and O–H groups in total. The summed E-state index contributed by atoms with van der Waals surface area (Å²) >= 11 is 0. The average Bonchev–Trinajstić information content (AvgIpc) is 2.73. The summed E-state index contributed by atoms with van der Waals surface area (Å²) in [4.78, 5) is 16.6. The first kappa shape index (κ1) is 24.7. The molecule has 0 aliphatic heterocycles. The van der Waals surface area contributed by atoms with Crippen molar-refractivity contribution in [3.8, 4) is 5.75 Å². The van der Waals surface area contributed by atoms with Gasteiger partial charge in [0.15, 0.2) is 5.96 Å². The first-order chi connectivity index (χ1) is 13.7. The van der Waals surface area contributed by atoms with Gasteiger partial charge in [-0.15, -0.1) is 24.0 Å². The second kappa shape index (κ2) is 13.8. The summed E-state index contributed by atoms with van der Waals surface area (Å²) in [7, 11) is 1.67. The minimum absolute atomic E-state index is 0. The highest BCUT2D eigenvalue weighted by atomic mass is 127. The maximum absolute atomic E-state index is 12.0. The van der Waals surface area contributed by atoms with Gasteiger partial charge in [-0.3, -0.25) is 4.79 Å². The molecule has 2 aromatic rings. The van der Waals surface area contributed by atoms with Crippen molar-refractivity contribution in [3.63, 3.8) is 0 Å². The van der Waals surface area contributed by atoms with Crippen LogP contribution < -0.4 is 20.7 Å². The second-order valence-electron chi connectivity index (χ2n) is 6.28. The molecule has 0 radical (unpaired) electrons. The smallest absolute Gasteiger partial charge is 0.251 e. The van der Waals surface area contributed by atoms with Crippen LogP contribution in [0.2, 0.25) is 0 Å². The fourth-order valence-electron chi connectivity index (χ4n) is 2.70. The lowest BCUT2D eigenvalue weighted by Gasteiger charge is -2.12. The van der Waals surface area contributed by atoms with E-state index >= 15 is 0 Å². The normalized spacial score (nSPS) is 10.7. The molecule has 0 saturated carbocycles. The zero-order valence-electron chi connectivity index (χ0n) is 17.3. The highest BCUT2D eigenvalue weighted by molar-refractivity contribution is 14.0. The van der Waals surface area contributed by atoms with Crippen molar-refractivity contribution in [1.29, 1.82) is 0 Å². The Morgan fingerprint density at radius 2 is 1.69 bits per heavy atom. The van der Waals surface area contributed by atoms with Crippen LogP contribution in [-0.2, 0) is 13.0 Å². The Bertz CT molecular complexity index is 779. The van der Waals surface area contributed by atoms with Crippen molar-refractivity contribution in [2.75, 3.05) is 26.7 Å². The number of halogens is 1. The molecule has 158 valence electrons. The Kier molecular flexibility index (Phi) is 11.8.